The lowest BCUT2D eigenvalue weighted by atomic mass is 10.0. The third-order valence-corrected chi connectivity index (χ3v) is 7.11. The largest absolute Gasteiger partial charge is 0.355 e. The molecule has 0 fully saturated rings. The fraction of sp³-hybridized carbons (Fsp3) is 0.217. The molecule has 1 atom stereocenters. The monoisotopic (exact) mass is 497 g/mol. The zero-order valence-corrected chi connectivity index (χ0v) is 19.8. The van der Waals surface area contributed by atoms with Gasteiger partial charge in [0.05, 0.1) is 23.6 Å². The minimum absolute atomic E-state index is 0.0998. The molecule has 4 aromatic rings. The van der Waals surface area contributed by atoms with Crippen molar-refractivity contribution in [1.82, 2.24) is 14.5 Å². The van der Waals surface area contributed by atoms with Crippen molar-refractivity contribution in [3.63, 3.8) is 0 Å². The highest BCUT2D eigenvalue weighted by Gasteiger charge is 2.26. The topological polar surface area (TPSA) is 84.8 Å². The van der Waals surface area contributed by atoms with Crippen LogP contribution in [-0.4, -0.2) is 26.1 Å². The highest BCUT2D eigenvalue weighted by Crippen LogP contribution is 2.32. The van der Waals surface area contributed by atoms with Gasteiger partial charge in [0.25, 0.3) is 5.56 Å². The molecule has 0 amide bonds. The van der Waals surface area contributed by atoms with Gasteiger partial charge in [0.15, 0.2) is 5.78 Å². The predicted molar refractivity (Wildman–Crippen MR) is 126 cm³/mol. The lowest BCUT2D eigenvalue weighted by Crippen LogP contribution is -2.28. The number of hydrogen-bond acceptors (Lipinski definition) is 5. The van der Waals surface area contributed by atoms with E-state index in [1.54, 1.807) is 20.8 Å². The van der Waals surface area contributed by atoms with E-state index in [0.717, 1.165) is 14.9 Å². The quantitative estimate of drug-likeness (QED) is 0.370. The molecule has 4 rings (SSSR count). The van der Waals surface area contributed by atoms with Crippen LogP contribution in [0, 0.1) is 13.8 Å². The molecule has 158 valence electrons. The van der Waals surface area contributed by atoms with E-state index in [1.807, 2.05) is 30.3 Å². The van der Waals surface area contributed by atoms with Gasteiger partial charge in [-0.05, 0) is 57.0 Å². The van der Waals surface area contributed by atoms with E-state index in [9.17, 15) is 14.4 Å². The van der Waals surface area contributed by atoms with Gasteiger partial charge in [-0.2, -0.15) is 0 Å². The Labute approximate surface area is 191 Å². The Morgan fingerprint density at radius 2 is 1.87 bits per heavy atom. The standard InChI is InChI=1S/C23H20BrN3O3S/c1-11-19(14(4)28)12(2)26-20(11)21(29)13(3)27-10-25-17-9-18(31-22(17)23(27)30)15-5-7-16(24)8-6-15/h5-10,13,26H,1-4H3/t13-/m1/s1. The SMILES string of the molecule is CC(=O)c1c(C)[nH]c(C(=O)[C@@H](C)n2cnc3cc(-c4ccc(Br)cc4)sc3c2=O)c1C. The number of benzene rings is 1. The molecule has 6 nitrogen and oxygen atoms in total. The maximum absolute atomic E-state index is 13.2. The van der Waals surface area contributed by atoms with Crippen LogP contribution in [-0.2, 0) is 0 Å². The number of H-pyrrole nitrogens is 1. The van der Waals surface area contributed by atoms with E-state index in [4.69, 9.17) is 0 Å². The Balaban J connectivity index is 1.74. The predicted octanol–water partition coefficient (Wildman–Crippen LogP) is 5.48. The van der Waals surface area contributed by atoms with Gasteiger partial charge in [0, 0.05) is 20.6 Å². The molecular formula is C23H20BrN3O3S. The molecule has 0 radical (unpaired) electrons. The molecule has 0 bridgehead atoms. The summed E-state index contributed by atoms with van der Waals surface area (Å²) < 4.78 is 2.84. The van der Waals surface area contributed by atoms with E-state index in [-0.39, 0.29) is 17.1 Å². The Hall–Kier alpha value is -2.84. The number of nitrogens with zero attached hydrogens (tertiary/aromatic N) is 2. The molecule has 0 aliphatic carbocycles. The van der Waals surface area contributed by atoms with Crippen molar-refractivity contribution >= 4 is 49.0 Å². The fourth-order valence-corrected chi connectivity index (χ4v) is 5.13. The van der Waals surface area contributed by atoms with Crippen LogP contribution in [0.15, 0.2) is 45.9 Å². The molecule has 0 unspecified atom stereocenters. The zero-order chi connectivity index (χ0) is 22.4. The number of thiophene rings is 1. The van der Waals surface area contributed by atoms with Crippen molar-refractivity contribution in [2.24, 2.45) is 0 Å². The van der Waals surface area contributed by atoms with Crippen molar-refractivity contribution in [2.75, 3.05) is 0 Å². The second kappa shape index (κ2) is 8.01. The number of hydrogen-bond donors (Lipinski definition) is 1. The lowest BCUT2D eigenvalue weighted by Gasteiger charge is -2.13. The maximum Gasteiger partial charge on any atom is 0.271 e. The first kappa shape index (κ1) is 21.4. The molecule has 31 heavy (non-hydrogen) atoms. The van der Waals surface area contributed by atoms with Crippen LogP contribution < -0.4 is 5.56 Å². The Kier molecular flexibility index (Phi) is 5.53. The summed E-state index contributed by atoms with van der Waals surface area (Å²) in [5.74, 6) is -0.363. The summed E-state index contributed by atoms with van der Waals surface area (Å²) in [5.41, 5.74) is 3.48. The number of nitrogens with one attached hydrogen (secondary N) is 1. The molecule has 1 N–H and O–H groups in total. The average Bonchev–Trinajstić information content (AvgIpc) is 3.29. The van der Waals surface area contributed by atoms with Gasteiger partial charge in [-0.3, -0.25) is 19.0 Å². The van der Waals surface area contributed by atoms with Crippen LogP contribution in [0.25, 0.3) is 20.7 Å². The first-order valence-electron chi connectivity index (χ1n) is 9.70. The van der Waals surface area contributed by atoms with Crippen LogP contribution in [0.1, 0.15) is 52.0 Å². The van der Waals surface area contributed by atoms with Crippen molar-refractivity contribution in [3.8, 4) is 10.4 Å². The van der Waals surface area contributed by atoms with Gasteiger partial charge in [-0.15, -0.1) is 11.3 Å². The Bertz CT molecular complexity index is 1400. The van der Waals surface area contributed by atoms with Gasteiger partial charge in [-0.25, -0.2) is 4.98 Å². The third kappa shape index (κ3) is 3.70. The minimum Gasteiger partial charge on any atom is -0.355 e. The highest BCUT2D eigenvalue weighted by molar-refractivity contribution is 9.10. The smallest absolute Gasteiger partial charge is 0.271 e. The Morgan fingerprint density at radius 1 is 1.19 bits per heavy atom. The molecule has 3 aromatic heterocycles. The summed E-state index contributed by atoms with van der Waals surface area (Å²) in [4.78, 5) is 46.6. The summed E-state index contributed by atoms with van der Waals surface area (Å²) in [5, 5.41) is 0. The number of carbonyl (C=O) groups excluding carboxylic acids is 2. The van der Waals surface area contributed by atoms with Crippen molar-refractivity contribution in [2.45, 2.75) is 33.7 Å². The van der Waals surface area contributed by atoms with Gasteiger partial charge in [-0.1, -0.05) is 28.1 Å². The van der Waals surface area contributed by atoms with Crippen molar-refractivity contribution in [1.29, 1.82) is 0 Å². The van der Waals surface area contributed by atoms with Gasteiger partial charge in [0.1, 0.15) is 4.70 Å². The van der Waals surface area contributed by atoms with Crippen LogP contribution in [0.3, 0.4) is 0 Å². The van der Waals surface area contributed by atoms with Gasteiger partial charge < -0.3 is 4.98 Å². The number of carbonyl (C=O) groups is 2. The van der Waals surface area contributed by atoms with E-state index in [1.165, 1.54) is 29.2 Å². The number of aromatic nitrogens is 3. The molecule has 0 saturated heterocycles. The summed E-state index contributed by atoms with van der Waals surface area (Å²) in [6, 6.07) is 8.97. The number of aryl methyl sites for hydroxylation is 1. The fourth-order valence-electron chi connectivity index (χ4n) is 3.82. The summed E-state index contributed by atoms with van der Waals surface area (Å²) in [7, 11) is 0. The molecule has 0 spiro atoms. The van der Waals surface area contributed by atoms with Crippen LogP contribution in [0.5, 0.6) is 0 Å². The van der Waals surface area contributed by atoms with Crippen LogP contribution in [0.4, 0.5) is 0 Å². The summed E-state index contributed by atoms with van der Waals surface area (Å²) in [6.45, 7) is 6.65. The van der Waals surface area contributed by atoms with Crippen LogP contribution in [0.2, 0.25) is 0 Å². The van der Waals surface area contributed by atoms with Gasteiger partial charge >= 0.3 is 0 Å². The molecular weight excluding hydrogens is 478 g/mol. The van der Waals surface area contributed by atoms with E-state index < -0.39 is 6.04 Å². The average molecular weight is 498 g/mol. The lowest BCUT2D eigenvalue weighted by molar-refractivity contribution is 0.0927. The summed E-state index contributed by atoms with van der Waals surface area (Å²) >= 11 is 4.79. The number of ketones is 2. The Morgan fingerprint density at radius 3 is 2.48 bits per heavy atom. The molecule has 8 heteroatoms. The second-order valence-electron chi connectivity index (χ2n) is 7.51. The van der Waals surface area contributed by atoms with E-state index in [0.29, 0.717) is 32.7 Å². The first-order valence-corrected chi connectivity index (χ1v) is 11.3. The number of halogens is 1. The van der Waals surface area contributed by atoms with Gasteiger partial charge in [0.2, 0.25) is 5.78 Å². The van der Waals surface area contributed by atoms with E-state index >= 15 is 0 Å². The minimum atomic E-state index is -0.765. The molecule has 0 saturated carbocycles. The molecule has 1 aromatic carbocycles. The molecule has 3 heterocycles. The normalized spacial score (nSPS) is 12.3. The number of Topliss-reactive ketones (excluding diaryl/α,β-unsaturated/α-hetero) is 2. The summed E-state index contributed by atoms with van der Waals surface area (Å²) in [6.07, 6.45) is 1.42. The molecule has 0 aliphatic rings. The third-order valence-electron chi connectivity index (χ3n) is 5.42. The number of rotatable bonds is 5. The first-order chi connectivity index (χ1) is 14.7. The second-order valence-corrected chi connectivity index (χ2v) is 9.48. The maximum atomic E-state index is 13.2. The highest BCUT2D eigenvalue weighted by atomic mass is 79.9. The van der Waals surface area contributed by atoms with E-state index in [2.05, 4.69) is 25.9 Å². The molecule has 0 aliphatic heterocycles. The number of aromatic amines is 1. The van der Waals surface area contributed by atoms with Crippen molar-refractivity contribution in [3.05, 3.63) is 74.0 Å². The van der Waals surface area contributed by atoms with Crippen molar-refractivity contribution < 1.29 is 9.59 Å². The number of fused-ring (bicyclic) bond motifs is 1. The zero-order valence-electron chi connectivity index (χ0n) is 17.4. The van der Waals surface area contributed by atoms with Crippen LogP contribution >= 0.6 is 27.3 Å².